The summed E-state index contributed by atoms with van der Waals surface area (Å²) in [6.45, 7) is 3.02. The molecule has 4 nitrogen and oxygen atoms in total. The molecule has 0 aromatic carbocycles. The Morgan fingerprint density at radius 3 is 1.35 bits per heavy atom. The Kier molecular flexibility index (Phi) is 5.41. The largest absolute Gasteiger partial charge is 0.325 e. The third-order valence-corrected chi connectivity index (χ3v) is 3.08. The van der Waals surface area contributed by atoms with Crippen LogP contribution in [0.4, 0.5) is 0 Å². The van der Waals surface area contributed by atoms with Crippen LogP contribution in [0.1, 0.15) is 11.1 Å². The molecule has 0 bridgehead atoms. The quantitative estimate of drug-likeness (QED) is 0.744. The maximum absolute atomic E-state index is 5.52. The fourth-order valence-electron chi connectivity index (χ4n) is 1.95. The second-order valence-corrected chi connectivity index (χ2v) is 4.65. The minimum atomic E-state index is 0.659. The van der Waals surface area contributed by atoms with Crippen LogP contribution >= 0.6 is 0 Å². The molecule has 2 heterocycles. The fourth-order valence-corrected chi connectivity index (χ4v) is 1.95. The summed E-state index contributed by atoms with van der Waals surface area (Å²) in [6, 6.07) is 8.35. The normalized spacial score (nSPS) is 11.1. The average molecular weight is 270 g/mol. The first-order chi connectivity index (χ1) is 9.81. The van der Waals surface area contributed by atoms with Crippen LogP contribution in [0.2, 0.25) is 0 Å². The summed E-state index contributed by atoms with van der Waals surface area (Å²) in [5, 5.41) is 0. The molecule has 2 rings (SSSR count). The van der Waals surface area contributed by atoms with E-state index in [1.807, 2.05) is 24.8 Å². The van der Waals surface area contributed by atoms with Crippen molar-refractivity contribution in [1.82, 2.24) is 0 Å². The molecule has 20 heavy (non-hydrogen) atoms. The minimum absolute atomic E-state index is 0.659. The highest BCUT2D eigenvalue weighted by molar-refractivity contribution is 5.68. The summed E-state index contributed by atoms with van der Waals surface area (Å²) in [7, 11) is 0. The van der Waals surface area contributed by atoms with Gasteiger partial charge in [0.25, 0.3) is 0 Å². The molecule has 0 radical (unpaired) electrons. The first-order valence-electron chi connectivity index (χ1n) is 6.88. The van der Waals surface area contributed by atoms with Gasteiger partial charge in [-0.1, -0.05) is 12.2 Å². The van der Waals surface area contributed by atoms with Gasteiger partial charge in [0.05, 0.1) is 13.1 Å². The van der Waals surface area contributed by atoms with Crippen LogP contribution in [0.15, 0.2) is 49.1 Å². The monoisotopic (exact) mass is 270 g/mol. The van der Waals surface area contributed by atoms with Gasteiger partial charge < -0.3 is 11.5 Å². The molecule has 0 saturated carbocycles. The minimum Gasteiger partial charge on any atom is -0.325 e. The lowest BCUT2D eigenvalue weighted by Gasteiger charge is -1.96. The molecule has 4 N–H and O–H groups in total. The van der Waals surface area contributed by atoms with Gasteiger partial charge in [0, 0.05) is 24.3 Å². The molecule has 4 heteroatoms. The summed E-state index contributed by atoms with van der Waals surface area (Å²) < 4.78 is 4.16. The number of nitrogens with zero attached hydrogens (tertiary/aromatic N) is 2. The topological polar surface area (TPSA) is 59.8 Å². The van der Waals surface area contributed by atoms with Gasteiger partial charge in [0.15, 0.2) is 37.9 Å². The molecule has 0 fully saturated rings. The number of hydrogen-bond donors (Lipinski definition) is 2. The molecular formula is C16H22N4+2. The molecule has 0 aliphatic carbocycles. The predicted octanol–water partition coefficient (Wildman–Crippen LogP) is 0.349. The Labute approximate surface area is 120 Å². The lowest BCUT2D eigenvalue weighted by molar-refractivity contribution is -0.694. The van der Waals surface area contributed by atoms with Gasteiger partial charge in [-0.3, -0.25) is 0 Å². The summed E-state index contributed by atoms with van der Waals surface area (Å²) in [5.41, 5.74) is 13.4. The van der Waals surface area contributed by atoms with E-state index in [-0.39, 0.29) is 0 Å². The van der Waals surface area contributed by atoms with Crippen molar-refractivity contribution in [2.24, 2.45) is 11.5 Å². The molecule has 104 valence electrons. The van der Waals surface area contributed by atoms with Crippen LogP contribution in [0.25, 0.3) is 12.2 Å². The van der Waals surface area contributed by atoms with E-state index in [2.05, 4.69) is 45.6 Å². The number of rotatable bonds is 6. The Morgan fingerprint density at radius 1 is 0.700 bits per heavy atom. The van der Waals surface area contributed by atoms with E-state index in [1.54, 1.807) is 0 Å². The second kappa shape index (κ2) is 7.53. The van der Waals surface area contributed by atoms with Crippen LogP contribution in [0.3, 0.4) is 0 Å². The molecule has 0 unspecified atom stereocenters. The van der Waals surface area contributed by atoms with Crippen molar-refractivity contribution in [3.8, 4) is 0 Å². The van der Waals surface area contributed by atoms with E-state index in [0.29, 0.717) is 13.1 Å². The van der Waals surface area contributed by atoms with Gasteiger partial charge in [-0.05, 0) is 11.1 Å². The first-order valence-corrected chi connectivity index (χ1v) is 6.88. The van der Waals surface area contributed by atoms with Gasteiger partial charge >= 0.3 is 0 Å². The lowest BCUT2D eigenvalue weighted by Crippen LogP contribution is -2.36. The molecule has 2 aromatic heterocycles. The number of pyridine rings is 2. The predicted molar refractivity (Wildman–Crippen MR) is 80.3 cm³/mol. The van der Waals surface area contributed by atoms with Crippen molar-refractivity contribution < 1.29 is 9.13 Å². The van der Waals surface area contributed by atoms with Crippen LogP contribution in [-0.4, -0.2) is 13.1 Å². The second-order valence-electron chi connectivity index (χ2n) is 4.65. The SMILES string of the molecule is NCC[n+]1ccc(/C=C/c2cc[n+](CCN)cc2)cc1. The van der Waals surface area contributed by atoms with Gasteiger partial charge in [0.1, 0.15) is 0 Å². The van der Waals surface area contributed by atoms with Crippen LogP contribution in [-0.2, 0) is 13.1 Å². The van der Waals surface area contributed by atoms with E-state index < -0.39 is 0 Å². The average Bonchev–Trinajstić information content (AvgIpc) is 2.49. The highest BCUT2D eigenvalue weighted by Crippen LogP contribution is 2.05. The Bertz CT molecular complexity index is 492. The van der Waals surface area contributed by atoms with Crippen molar-refractivity contribution in [3.63, 3.8) is 0 Å². The third kappa shape index (κ3) is 4.26. The molecule has 0 amide bonds. The number of hydrogen-bond acceptors (Lipinski definition) is 2. The fraction of sp³-hybridized carbons (Fsp3) is 0.250. The molecular weight excluding hydrogens is 248 g/mol. The molecule has 0 aliphatic rings. The molecule has 2 aromatic rings. The highest BCUT2D eigenvalue weighted by Gasteiger charge is 1.98. The molecule has 0 aliphatic heterocycles. The van der Waals surface area contributed by atoms with E-state index in [4.69, 9.17) is 11.5 Å². The Morgan fingerprint density at radius 2 is 1.05 bits per heavy atom. The van der Waals surface area contributed by atoms with Crippen LogP contribution < -0.4 is 20.6 Å². The van der Waals surface area contributed by atoms with Crippen LogP contribution in [0.5, 0.6) is 0 Å². The zero-order chi connectivity index (χ0) is 14.2. The van der Waals surface area contributed by atoms with Gasteiger partial charge in [-0.15, -0.1) is 0 Å². The Hall–Kier alpha value is -2.04. The summed E-state index contributed by atoms with van der Waals surface area (Å²) in [5.74, 6) is 0. The van der Waals surface area contributed by atoms with E-state index in [1.165, 1.54) is 11.1 Å². The van der Waals surface area contributed by atoms with Crippen molar-refractivity contribution in [2.75, 3.05) is 13.1 Å². The Balaban J connectivity index is 2.01. The van der Waals surface area contributed by atoms with Gasteiger partial charge in [-0.2, -0.15) is 0 Å². The zero-order valence-electron chi connectivity index (χ0n) is 11.7. The maximum atomic E-state index is 5.52. The zero-order valence-corrected chi connectivity index (χ0v) is 11.7. The highest BCUT2D eigenvalue weighted by atomic mass is 14.9. The first kappa shape index (κ1) is 14.4. The van der Waals surface area contributed by atoms with E-state index in [0.717, 1.165) is 13.1 Å². The van der Waals surface area contributed by atoms with Crippen molar-refractivity contribution in [2.45, 2.75) is 13.1 Å². The summed E-state index contributed by atoms with van der Waals surface area (Å²) in [6.07, 6.45) is 12.4. The lowest BCUT2D eigenvalue weighted by atomic mass is 10.2. The van der Waals surface area contributed by atoms with Crippen molar-refractivity contribution in [1.29, 1.82) is 0 Å². The third-order valence-electron chi connectivity index (χ3n) is 3.08. The number of nitrogens with two attached hydrogens (primary N) is 2. The number of aromatic nitrogens is 2. The van der Waals surface area contributed by atoms with Gasteiger partial charge in [0.2, 0.25) is 0 Å². The van der Waals surface area contributed by atoms with E-state index in [9.17, 15) is 0 Å². The molecule has 0 atom stereocenters. The summed E-state index contributed by atoms with van der Waals surface area (Å²) >= 11 is 0. The smallest absolute Gasteiger partial charge is 0.169 e. The van der Waals surface area contributed by atoms with Crippen LogP contribution in [0, 0.1) is 0 Å². The molecule has 0 spiro atoms. The van der Waals surface area contributed by atoms with Crippen molar-refractivity contribution >= 4 is 12.2 Å². The van der Waals surface area contributed by atoms with E-state index >= 15 is 0 Å². The summed E-state index contributed by atoms with van der Waals surface area (Å²) in [4.78, 5) is 0. The maximum Gasteiger partial charge on any atom is 0.169 e. The standard InChI is InChI=1S/C16H22N4/c17-7-13-19-9-3-15(4-10-19)1-2-16-5-11-20(12-6-16)14-8-18/h1-6,9-12H,7-8,13-14,17-18H2/q+2/b2-1+. The van der Waals surface area contributed by atoms with Gasteiger partial charge in [-0.25, -0.2) is 9.13 Å². The molecule has 0 saturated heterocycles. The van der Waals surface area contributed by atoms with Crippen molar-refractivity contribution in [3.05, 3.63) is 60.2 Å².